The van der Waals surface area contributed by atoms with E-state index in [1.54, 1.807) is 18.7 Å². The number of rotatable bonds is 3. The highest BCUT2D eigenvalue weighted by Gasteiger charge is 2.29. The zero-order valence-corrected chi connectivity index (χ0v) is 12.0. The number of imidazole rings is 1. The number of fused-ring (bicyclic) bond motifs is 1. The fraction of sp³-hybridized carbons (Fsp3) is 0.364. The van der Waals surface area contributed by atoms with Crippen LogP contribution in [-0.2, 0) is 23.7 Å². The van der Waals surface area contributed by atoms with Crippen molar-refractivity contribution in [2.45, 2.75) is 12.2 Å². The van der Waals surface area contributed by atoms with E-state index < -0.39 is 35.4 Å². The van der Waals surface area contributed by atoms with Crippen LogP contribution < -0.4 is 11.2 Å². The summed E-state index contributed by atoms with van der Waals surface area (Å²) < 4.78 is 2.88. The van der Waals surface area contributed by atoms with E-state index in [0.29, 0.717) is 11.2 Å². The predicted molar refractivity (Wildman–Crippen MR) is 73.9 cm³/mol. The summed E-state index contributed by atoms with van der Waals surface area (Å²) in [6.07, 6.45) is -3.03. The van der Waals surface area contributed by atoms with Gasteiger partial charge in [-0.15, -0.1) is 0 Å². The molecule has 0 amide bonds. The molecule has 0 aliphatic carbocycles. The molecule has 0 spiro atoms. The number of aromatic amines is 1. The number of aliphatic hydroxyl groups is 2. The van der Waals surface area contributed by atoms with Crippen LogP contribution in [0.25, 0.3) is 11.2 Å². The Bertz CT molecular complexity index is 830. The van der Waals surface area contributed by atoms with Crippen LogP contribution in [0.2, 0.25) is 0 Å². The molecule has 23 heavy (non-hydrogen) atoms. The first-order chi connectivity index (χ1) is 10.6. The Hall–Kier alpha value is -2.99. The topological polar surface area (TPSA) is 188 Å². The summed E-state index contributed by atoms with van der Waals surface area (Å²) in [4.78, 5) is 48.1. The van der Waals surface area contributed by atoms with E-state index in [2.05, 4.69) is 9.97 Å². The molecule has 5 N–H and O–H groups in total. The van der Waals surface area contributed by atoms with E-state index in [0.717, 1.165) is 0 Å². The van der Waals surface area contributed by atoms with Gasteiger partial charge < -0.3 is 25.0 Å². The molecule has 0 saturated heterocycles. The van der Waals surface area contributed by atoms with E-state index >= 15 is 0 Å². The number of aromatic nitrogens is 4. The minimum absolute atomic E-state index is 0.399. The van der Waals surface area contributed by atoms with E-state index in [4.69, 9.17) is 20.4 Å². The van der Waals surface area contributed by atoms with Crippen molar-refractivity contribution in [3.8, 4) is 0 Å². The van der Waals surface area contributed by atoms with E-state index in [1.165, 1.54) is 10.9 Å². The molecule has 2 atom stereocenters. The van der Waals surface area contributed by atoms with Crippen LogP contribution in [0.5, 0.6) is 0 Å². The Kier molecular flexibility index (Phi) is 5.38. The molecule has 12 nitrogen and oxygen atoms in total. The number of nitrogens with zero attached hydrogens (tertiary/aromatic N) is 3. The Balaban J connectivity index is 0.000000241. The number of H-pyrrole nitrogens is 1. The maximum Gasteiger partial charge on any atom is 0.335 e. The number of carboxylic acids is 2. The first-order valence-corrected chi connectivity index (χ1v) is 6.00. The molecule has 2 rings (SSSR count). The van der Waals surface area contributed by atoms with E-state index in [9.17, 15) is 19.2 Å². The molecular formula is C11H14N4O8. The number of carbonyl (C=O) groups is 2. The van der Waals surface area contributed by atoms with Crippen molar-refractivity contribution < 1.29 is 30.0 Å². The molecule has 0 aliphatic rings. The Morgan fingerprint density at radius 1 is 1.13 bits per heavy atom. The summed E-state index contributed by atoms with van der Waals surface area (Å²) in [6, 6.07) is 0. The van der Waals surface area contributed by atoms with Crippen LogP contribution in [0, 0.1) is 0 Å². The van der Waals surface area contributed by atoms with Crippen LogP contribution in [0.15, 0.2) is 15.9 Å². The third-order valence-electron chi connectivity index (χ3n) is 2.78. The second kappa shape index (κ2) is 6.85. The van der Waals surface area contributed by atoms with E-state index in [-0.39, 0.29) is 0 Å². The molecule has 2 aromatic rings. The molecule has 0 aromatic carbocycles. The van der Waals surface area contributed by atoms with Crippen molar-refractivity contribution >= 4 is 23.1 Å². The summed E-state index contributed by atoms with van der Waals surface area (Å²) in [5.41, 5.74) is -0.0485. The lowest BCUT2D eigenvalue weighted by Gasteiger charge is -2.07. The summed E-state index contributed by atoms with van der Waals surface area (Å²) in [6.45, 7) is 0. The van der Waals surface area contributed by atoms with Gasteiger partial charge in [0.25, 0.3) is 5.56 Å². The smallest absolute Gasteiger partial charge is 0.335 e. The van der Waals surface area contributed by atoms with Gasteiger partial charge in [0.15, 0.2) is 23.4 Å². The highest BCUT2D eigenvalue weighted by molar-refractivity contribution is 5.83. The van der Waals surface area contributed by atoms with Gasteiger partial charge in [0.1, 0.15) is 0 Å². The summed E-state index contributed by atoms with van der Waals surface area (Å²) in [7, 11) is 3.27. The van der Waals surface area contributed by atoms with Crippen molar-refractivity contribution in [2.75, 3.05) is 0 Å². The Morgan fingerprint density at radius 2 is 1.61 bits per heavy atom. The highest BCUT2D eigenvalue weighted by atomic mass is 16.4. The average molecular weight is 330 g/mol. The molecule has 0 aliphatic heterocycles. The average Bonchev–Trinajstić information content (AvgIpc) is 2.86. The lowest BCUT2D eigenvalue weighted by Crippen LogP contribution is -2.39. The third-order valence-corrected chi connectivity index (χ3v) is 2.78. The van der Waals surface area contributed by atoms with Crippen molar-refractivity contribution in [1.82, 2.24) is 19.1 Å². The maximum atomic E-state index is 11.3. The van der Waals surface area contributed by atoms with Crippen molar-refractivity contribution in [1.29, 1.82) is 0 Å². The summed E-state index contributed by atoms with van der Waals surface area (Å²) in [5.74, 6) is -3.54. The normalized spacial score (nSPS) is 13.0. The Morgan fingerprint density at radius 3 is 2.04 bits per heavy atom. The second-order valence-corrected chi connectivity index (χ2v) is 4.41. The van der Waals surface area contributed by atoms with Gasteiger partial charge in [-0.3, -0.25) is 14.3 Å². The number of hydrogen-bond donors (Lipinski definition) is 5. The third kappa shape index (κ3) is 3.81. The standard InChI is InChI=1S/C7H8N4O2.C4H6O6/c1-10-3-8-5-4(10)6(12)9-7(13)11(5)2;5-1(3(7)8)2(6)4(9)10/h3H,1-2H3,(H,9,12,13);1-2,5-6H,(H,7,8)(H,9,10). The van der Waals surface area contributed by atoms with Gasteiger partial charge >= 0.3 is 17.6 Å². The van der Waals surface area contributed by atoms with Crippen LogP contribution in [-0.4, -0.2) is 63.7 Å². The van der Waals surface area contributed by atoms with Gasteiger partial charge in [0.2, 0.25) is 0 Å². The van der Waals surface area contributed by atoms with Gasteiger partial charge in [-0.2, -0.15) is 0 Å². The molecule has 0 radical (unpaired) electrons. The van der Waals surface area contributed by atoms with Crippen LogP contribution in [0.4, 0.5) is 0 Å². The zero-order chi connectivity index (χ0) is 17.9. The molecule has 0 saturated carbocycles. The summed E-state index contributed by atoms with van der Waals surface area (Å²) >= 11 is 0. The number of aliphatic hydroxyl groups excluding tert-OH is 2. The molecule has 12 heteroatoms. The number of hydrogen-bond acceptors (Lipinski definition) is 7. The van der Waals surface area contributed by atoms with E-state index in [1.807, 2.05) is 0 Å². The van der Waals surface area contributed by atoms with Gasteiger partial charge in [0, 0.05) is 14.1 Å². The number of nitrogens with one attached hydrogen (secondary N) is 1. The lowest BCUT2D eigenvalue weighted by molar-refractivity contribution is -0.165. The van der Waals surface area contributed by atoms with Gasteiger partial charge in [-0.05, 0) is 0 Å². The minimum Gasteiger partial charge on any atom is -0.479 e. The molecule has 2 aromatic heterocycles. The quantitative estimate of drug-likeness (QED) is 0.387. The predicted octanol–water partition coefficient (Wildman–Crippen LogP) is -3.16. The first-order valence-electron chi connectivity index (χ1n) is 6.00. The molecular weight excluding hydrogens is 316 g/mol. The molecule has 0 fully saturated rings. The van der Waals surface area contributed by atoms with Crippen molar-refractivity contribution in [3.05, 3.63) is 27.2 Å². The van der Waals surface area contributed by atoms with Gasteiger partial charge in [-0.25, -0.2) is 19.4 Å². The van der Waals surface area contributed by atoms with Crippen molar-refractivity contribution in [3.63, 3.8) is 0 Å². The maximum absolute atomic E-state index is 11.3. The second-order valence-electron chi connectivity index (χ2n) is 4.41. The minimum atomic E-state index is -2.27. The van der Waals surface area contributed by atoms with Crippen LogP contribution in [0.1, 0.15) is 0 Å². The first kappa shape index (κ1) is 18.1. The number of aliphatic carboxylic acids is 2. The largest absolute Gasteiger partial charge is 0.479 e. The fourth-order valence-electron chi connectivity index (χ4n) is 1.53. The molecule has 2 unspecified atom stereocenters. The molecule has 126 valence electrons. The molecule has 2 heterocycles. The monoisotopic (exact) mass is 330 g/mol. The van der Waals surface area contributed by atoms with Gasteiger partial charge in [-0.1, -0.05) is 0 Å². The lowest BCUT2D eigenvalue weighted by atomic mass is 10.2. The van der Waals surface area contributed by atoms with Crippen LogP contribution in [0.3, 0.4) is 0 Å². The zero-order valence-electron chi connectivity index (χ0n) is 12.0. The fourth-order valence-corrected chi connectivity index (χ4v) is 1.53. The SMILES string of the molecule is Cn1cnc2c1c(=O)[nH]c(=O)n2C.O=C(O)C(O)C(O)C(=O)O. The highest BCUT2D eigenvalue weighted by Crippen LogP contribution is 2.00. The number of carboxylic acid groups (broad SMARTS) is 2. The molecule has 0 bridgehead atoms. The number of aryl methyl sites for hydroxylation is 2. The van der Waals surface area contributed by atoms with Gasteiger partial charge in [0.05, 0.1) is 6.33 Å². The Labute approximate surface area is 126 Å². The summed E-state index contributed by atoms with van der Waals surface area (Å²) in [5, 5.41) is 32.5. The van der Waals surface area contributed by atoms with Crippen LogP contribution >= 0.6 is 0 Å². The van der Waals surface area contributed by atoms with Crippen molar-refractivity contribution in [2.24, 2.45) is 14.1 Å².